The van der Waals surface area contributed by atoms with Gasteiger partial charge in [0.2, 0.25) is 14.2 Å². The van der Waals surface area contributed by atoms with Gasteiger partial charge in [-0.3, -0.25) is 9.59 Å². The van der Waals surface area contributed by atoms with Crippen molar-refractivity contribution in [2.75, 3.05) is 27.0 Å². The van der Waals surface area contributed by atoms with E-state index in [0.717, 1.165) is 0 Å². The predicted molar refractivity (Wildman–Crippen MR) is 190 cm³/mol. The third kappa shape index (κ3) is 12.9. The normalized spacial score (nSPS) is 24.9. The summed E-state index contributed by atoms with van der Waals surface area (Å²) in [5, 5.41) is 3.03. The first-order chi connectivity index (χ1) is 21.7. The second kappa shape index (κ2) is 19.5. The number of amides is 2. The fraction of sp³-hybridized carbons (Fsp3) is 0.917. The zero-order valence-electron chi connectivity index (χ0n) is 32.4. The molecular weight excluding hydrogens is 616 g/mol. The van der Waals surface area contributed by atoms with Crippen LogP contribution >= 0.6 is 0 Å². The summed E-state index contributed by atoms with van der Waals surface area (Å²) in [5.74, 6) is -1.17. The van der Waals surface area contributed by atoms with Crippen LogP contribution in [0.2, 0.25) is 16.6 Å². The Labute approximate surface area is 287 Å². The molecule has 0 radical (unpaired) electrons. The van der Waals surface area contributed by atoms with E-state index in [2.05, 4.69) is 60.7 Å². The summed E-state index contributed by atoms with van der Waals surface area (Å²) >= 11 is 0. The van der Waals surface area contributed by atoms with E-state index < -0.39 is 56.3 Å². The minimum Gasteiger partial charge on any atom is -0.459 e. The first-order valence-corrected chi connectivity index (χ1v) is 20.1. The minimum absolute atomic E-state index is 0.0403. The Morgan fingerprint density at radius 3 is 2.02 bits per heavy atom. The SMILES string of the molecule is COCO[C@H]1[C@H](C)C(=O)NCCCCN(C(=O)OC(C)(C)C)[C@H](CC(C)C)[C@@H](O[Si](C(C)C)(C(C)C)C(C)C)CC(=O)O[C@H]1C(C)C. The predicted octanol–water partition coefficient (Wildman–Crippen LogP) is 7.69. The van der Waals surface area contributed by atoms with Crippen molar-refractivity contribution in [1.29, 1.82) is 0 Å². The van der Waals surface area contributed by atoms with Crippen molar-refractivity contribution >= 4 is 26.3 Å². The summed E-state index contributed by atoms with van der Waals surface area (Å²) in [6, 6.07) is -0.433. The second-order valence-electron chi connectivity index (χ2n) is 16.1. The van der Waals surface area contributed by atoms with Crippen LogP contribution in [0, 0.1) is 17.8 Å². The van der Waals surface area contributed by atoms with Crippen LogP contribution in [0.25, 0.3) is 0 Å². The van der Waals surface area contributed by atoms with Crippen LogP contribution in [0.4, 0.5) is 4.79 Å². The maximum atomic E-state index is 14.2. The van der Waals surface area contributed by atoms with E-state index in [1.165, 1.54) is 7.11 Å². The molecule has 10 nitrogen and oxygen atoms in total. The van der Waals surface area contributed by atoms with Crippen molar-refractivity contribution in [3.63, 3.8) is 0 Å². The molecule has 47 heavy (non-hydrogen) atoms. The summed E-state index contributed by atoms with van der Waals surface area (Å²) in [5.41, 5.74) is 0.0816. The number of rotatable bonds is 11. The topological polar surface area (TPSA) is 113 Å². The van der Waals surface area contributed by atoms with Crippen LogP contribution in [0.1, 0.15) is 123 Å². The van der Waals surface area contributed by atoms with E-state index in [1.807, 2.05) is 34.6 Å². The van der Waals surface area contributed by atoms with Gasteiger partial charge in [-0.05, 0) is 68.5 Å². The van der Waals surface area contributed by atoms with Gasteiger partial charge in [0.1, 0.15) is 24.6 Å². The highest BCUT2D eigenvalue weighted by atomic mass is 28.4. The molecule has 0 bridgehead atoms. The highest BCUT2D eigenvalue weighted by molar-refractivity contribution is 6.77. The lowest BCUT2D eigenvalue weighted by Gasteiger charge is -2.48. The number of carbonyl (C=O) groups excluding carboxylic acids is 3. The molecule has 1 saturated heterocycles. The number of ether oxygens (including phenoxy) is 4. The molecule has 0 spiro atoms. The lowest BCUT2D eigenvalue weighted by atomic mass is 9.91. The standard InChI is InChI=1S/C36H70N2O8Si/c1-23(2)20-29-30(46-47(25(5)6,26(7)8)27(9)10)21-31(39)44-32(24(3)4)33(43-22-42-15)28(11)34(40)37-18-16-17-19-38(29)35(41)45-36(12,13)14/h23-30,32-33H,16-22H2,1-15H3,(H,37,40)/t28-,29+,30-,32-,33-/m0/s1. The number of nitrogens with zero attached hydrogens (tertiary/aromatic N) is 1. The summed E-state index contributed by atoms with van der Waals surface area (Å²) in [6.07, 6.45) is -0.599. The van der Waals surface area contributed by atoms with E-state index in [1.54, 1.807) is 11.8 Å². The minimum atomic E-state index is -2.54. The van der Waals surface area contributed by atoms with Gasteiger partial charge in [-0.25, -0.2) is 4.79 Å². The molecule has 0 aromatic heterocycles. The zero-order valence-corrected chi connectivity index (χ0v) is 33.4. The van der Waals surface area contributed by atoms with Crippen LogP contribution in [0.3, 0.4) is 0 Å². The van der Waals surface area contributed by atoms with Gasteiger partial charge in [-0.15, -0.1) is 0 Å². The second-order valence-corrected chi connectivity index (χ2v) is 21.5. The summed E-state index contributed by atoms with van der Waals surface area (Å²) < 4.78 is 30.9. The number of cyclic esters (lactones) is 1. The first kappa shape index (κ1) is 43.3. The van der Waals surface area contributed by atoms with Crippen molar-refractivity contribution in [2.45, 2.75) is 169 Å². The Bertz CT molecular complexity index is 943. The summed E-state index contributed by atoms with van der Waals surface area (Å²) in [6.45, 7) is 29.7. The summed E-state index contributed by atoms with van der Waals surface area (Å²) in [7, 11) is -1.01. The quantitative estimate of drug-likeness (QED) is 0.134. The molecule has 0 unspecified atom stereocenters. The molecule has 0 saturated carbocycles. The highest BCUT2D eigenvalue weighted by Gasteiger charge is 2.49. The Balaban J connectivity index is 3.93. The Kier molecular flexibility index (Phi) is 18.0. The van der Waals surface area contributed by atoms with Crippen LogP contribution in [-0.2, 0) is 33.0 Å². The van der Waals surface area contributed by atoms with E-state index >= 15 is 0 Å². The van der Waals surface area contributed by atoms with E-state index in [-0.39, 0.29) is 47.6 Å². The monoisotopic (exact) mass is 686 g/mol. The molecule has 1 N–H and O–H groups in total. The van der Waals surface area contributed by atoms with Gasteiger partial charge in [-0.1, -0.05) is 76.2 Å². The van der Waals surface area contributed by atoms with Gasteiger partial charge in [0.05, 0.1) is 24.5 Å². The maximum absolute atomic E-state index is 14.2. The van der Waals surface area contributed by atoms with Crippen LogP contribution < -0.4 is 5.32 Å². The average molecular weight is 687 g/mol. The van der Waals surface area contributed by atoms with Gasteiger partial charge < -0.3 is 33.6 Å². The van der Waals surface area contributed by atoms with Crippen LogP contribution in [0.5, 0.6) is 0 Å². The molecule has 0 aromatic rings. The fourth-order valence-corrected chi connectivity index (χ4v) is 12.7. The summed E-state index contributed by atoms with van der Waals surface area (Å²) in [4.78, 5) is 43.3. The highest BCUT2D eigenvalue weighted by Crippen LogP contribution is 2.44. The number of carbonyl (C=O) groups is 3. The molecule has 276 valence electrons. The Hall–Kier alpha value is -1.69. The molecule has 11 heteroatoms. The Morgan fingerprint density at radius 2 is 1.55 bits per heavy atom. The van der Waals surface area contributed by atoms with Gasteiger partial charge in [0.25, 0.3) is 0 Å². The number of hydrogen-bond acceptors (Lipinski definition) is 8. The average Bonchev–Trinajstić information content (AvgIpc) is 2.93. The molecule has 0 aromatic carbocycles. The first-order valence-electron chi connectivity index (χ1n) is 17.9. The van der Waals surface area contributed by atoms with Crippen molar-refractivity contribution in [3.8, 4) is 0 Å². The maximum Gasteiger partial charge on any atom is 0.410 e. The van der Waals surface area contributed by atoms with Gasteiger partial charge in [0.15, 0.2) is 0 Å². The van der Waals surface area contributed by atoms with Crippen molar-refractivity contribution in [2.24, 2.45) is 17.8 Å². The number of esters is 1. The third-order valence-corrected chi connectivity index (χ3v) is 15.4. The molecule has 1 aliphatic rings. The van der Waals surface area contributed by atoms with Crippen LogP contribution in [-0.4, -0.2) is 88.1 Å². The lowest BCUT2D eigenvalue weighted by Crippen LogP contribution is -2.57. The third-order valence-electron chi connectivity index (χ3n) is 9.26. The molecule has 5 atom stereocenters. The largest absolute Gasteiger partial charge is 0.459 e. The van der Waals surface area contributed by atoms with Crippen LogP contribution in [0.15, 0.2) is 0 Å². The number of methoxy groups -OCH3 is 1. The number of hydrogen-bond donors (Lipinski definition) is 1. The van der Waals surface area contributed by atoms with Gasteiger partial charge in [-0.2, -0.15) is 0 Å². The molecule has 2 amide bonds. The van der Waals surface area contributed by atoms with Gasteiger partial charge >= 0.3 is 12.1 Å². The molecule has 1 heterocycles. The zero-order chi connectivity index (χ0) is 36.3. The molecule has 1 aliphatic heterocycles. The molecule has 0 aliphatic carbocycles. The smallest absolute Gasteiger partial charge is 0.410 e. The lowest BCUT2D eigenvalue weighted by molar-refractivity contribution is -0.182. The number of nitrogens with one attached hydrogen (secondary N) is 1. The molecule has 1 rings (SSSR count). The van der Waals surface area contributed by atoms with Crippen molar-refractivity contribution in [3.05, 3.63) is 0 Å². The van der Waals surface area contributed by atoms with E-state index in [0.29, 0.717) is 32.4 Å². The van der Waals surface area contributed by atoms with E-state index in [9.17, 15) is 14.4 Å². The molecular formula is C36H70N2O8Si. The van der Waals surface area contributed by atoms with Crippen molar-refractivity contribution in [1.82, 2.24) is 10.2 Å². The fourth-order valence-electron chi connectivity index (χ4n) is 7.15. The van der Waals surface area contributed by atoms with Gasteiger partial charge in [0, 0.05) is 20.2 Å². The molecule has 1 fully saturated rings. The van der Waals surface area contributed by atoms with E-state index in [4.69, 9.17) is 23.4 Å². The Morgan fingerprint density at radius 1 is 0.979 bits per heavy atom. The van der Waals surface area contributed by atoms with Crippen molar-refractivity contribution < 1.29 is 37.8 Å².